The Morgan fingerprint density at radius 1 is 1.11 bits per heavy atom. The molecular formula is C21H29FN4O2. The van der Waals surface area contributed by atoms with Gasteiger partial charge < -0.3 is 15.1 Å². The molecule has 1 N–H and O–H groups in total. The minimum Gasteiger partial charge on any atom is -0.339 e. The van der Waals surface area contributed by atoms with Gasteiger partial charge in [0.25, 0.3) is 0 Å². The van der Waals surface area contributed by atoms with E-state index in [4.69, 9.17) is 0 Å². The number of carbonyl (C=O) groups is 2. The monoisotopic (exact) mass is 388 g/mol. The number of nitrogens with one attached hydrogen (secondary N) is 1. The highest BCUT2D eigenvalue weighted by atomic mass is 19.1. The van der Waals surface area contributed by atoms with Gasteiger partial charge in [0.1, 0.15) is 5.82 Å². The molecule has 1 aromatic rings. The highest BCUT2D eigenvalue weighted by molar-refractivity contribution is 5.83. The van der Waals surface area contributed by atoms with Crippen molar-refractivity contribution < 1.29 is 14.0 Å². The van der Waals surface area contributed by atoms with Crippen molar-refractivity contribution >= 4 is 11.8 Å². The van der Waals surface area contributed by atoms with Crippen molar-refractivity contribution in [3.8, 4) is 0 Å². The molecule has 0 saturated carbocycles. The molecule has 152 valence electrons. The van der Waals surface area contributed by atoms with Gasteiger partial charge in [-0.05, 0) is 49.9 Å². The zero-order valence-corrected chi connectivity index (χ0v) is 16.3. The molecule has 4 rings (SSSR count). The quantitative estimate of drug-likeness (QED) is 0.843. The van der Waals surface area contributed by atoms with Gasteiger partial charge in [-0.1, -0.05) is 12.1 Å². The van der Waals surface area contributed by atoms with Crippen molar-refractivity contribution in [3.63, 3.8) is 0 Å². The predicted molar refractivity (Wildman–Crippen MR) is 104 cm³/mol. The molecule has 0 radical (unpaired) electrons. The van der Waals surface area contributed by atoms with Crippen LogP contribution in [0, 0.1) is 5.82 Å². The molecule has 2 amide bonds. The Labute approximate surface area is 165 Å². The molecule has 2 atom stereocenters. The van der Waals surface area contributed by atoms with Crippen LogP contribution in [0.2, 0.25) is 0 Å². The molecule has 2 unspecified atom stereocenters. The molecule has 1 aromatic carbocycles. The first kappa shape index (κ1) is 19.3. The maximum Gasteiger partial charge on any atom is 0.240 e. The molecular weight excluding hydrogens is 359 g/mol. The number of amides is 2. The lowest BCUT2D eigenvalue weighted by Crippen LogP contribution is -2.59. The Hall–Kier alpha value is -1.99. The summed E-state index contributed by atoms with van der Waals surface area (Å²) in [6.45, 7) is 4.93. The van der Waals surface area contributed by atoms with E-state index in [2.05, 4.69) is 10.2 Å². The number of rotatable bonds is 4. The topological polar surface area (TPSA) is 55.9 Å². The number of piperazine rings is 1. The summed E-state index contributed by atoms with van der Waals surface area (Å²) < 4.78 is 13.2. The van der Waals surface area contributed by atoms with Crippen LogP contribution in [0.15, 0.2) is 24.3 Å². The number of benzene rings is 1. The van der Waals surface area contributed by atoms with E-state index in [1.807, 2.05) is 9.80 Å². The van der Waals surface area contributed by atoms with Crippen molar-refractivity contribution in [2.75, 3.05) is 39.3 Å². The molecule has 3 fully saturated rings. The molecule has 0 spiro atoms. The van der Waals surface area contributed by atoms with Crippen molar-refractivity contribution in [2.45, 2.75) is 44.3 Å². The number of carbonyl (C=O) groups excluding carboxylic acids is 2. The second-order valence-electron chi connectivity index (χ2n) is 8.10. The number of nitrogens with zero attached hydrogens (tertiary/aromatic N) is 3. The zero-order chi connectivity index (χ0) is 19.5. The number of halogens is 1. The van der Waals surface area contributed by atoms with E-state index in [0.29, 0.717) is 19.6 Å². The van der Waals surface area contributed by atoms with E-state index >= 15 is 0 Å². The Morgan fingerprint density at radius 3 is 2.68 bits per heavy atom. The Bertz CT molecular complexity index is 711. The molecule has 6 nitrogen and oxygen atoms in total. The lowest BCUT2D eigenvalue weighted by Gasteiger charge is -2.42. The van der Waals surface area contributed by atoms with Gasteiger partial charge in [0.05, 0.1) is 12.6 Å². The van der Waals surface area contributed by atoms with Gasteiger partial charge in [0, 0.05) is 38.8 Å². The first-order valence-corrected chi connectivity index (χ1v) is 10.4. The van der Waals surface area contributed by atoms with Gasteiger partial charge >= 0.3 is 0 Å². The summed E-state index contributed by atoms with van der Waals surface area (Å²) in [6, 6.07) is 6.57. The number of piperidine rings is 1. The third kappa shape index (κ3) is 4.20. The summed E-state index contributed by atoms with van der Waals surface area (Å²) in [4.78, 5) is 31.6. The standard InChI is InChI=1S/C21H29FN4O2/c22-17-7-5-16(6-8-17)14-24-10-2-4-19(24)21(28)25-11-1-3-18(15-25)26-12-9-23-13-20(26)27/h5-8,18-19,23H,1-4,9-15H2. The smallest absolute Gasteiger partial charge is 0.240 e. The van der Waals surface area contributed by atoms with Gasteiger partial charge in [-0.25, -0.2) is 4.39 Å². The second-order valence-corrected chi connectivity index (χ2v) is 8.10. The molecule has 0 bridgehead atoms. The Balaban J connectivity index is 1.39. The van der Waals surface area contributed by atoms with Gasteiger partial charge in [-0.2, -0.15) is 0 Å². The van der Waals surface area contributed by atoms with E-state index in [0.717, 1.165) is 57.4 Å². The first-order valence-electron chi connectivity index (χ1n) is 10.4. The van der Waals surface area contributed by atoms with E-state index in [1.165, 1.54) is 12.1 Å². The zero-order valence-electron chi connectivity index (χ0n) is 16.3. The highest BCUT2D eigenvalue weighted by Gasteiger charge is 2.37. The molecule has 3 saturated heterocycles. The maximum absolute atomic E-state index is 13.3. The van der Waals surface area contributed by atoms with Crippen LogP contribution in [0.5, 0.6) is 0 Å². The third-order valence-electron chi connectivity index (χ3n) is 6.22. The van der Waals surface area contributed by atoms with Crippen LogP contribution in [0.1, 0.15) is 31.2 Å². The van der Waals surface area contributed by atoms with Crippen LogP contribution in [-0.4, -0.2) is 77.9 Å². The average molecular weight is 388 g/mol. The molecule has 7 heteroatoms. The van der Waals surface area contributed by atoms with E-state index in [-0.39, 0.29) is 29.7 Å². The van der Waals surface area contributed by atoms with E-state index in [1.54, 1.807) is 12.1 Å². The van der Waals surface area contributed by atoms with Crippen molar-refractivity contribution in [1.29, 1.82) is 0 Å². The number of hydrogen-bond acceptors (Lipinski definition) is 4. The van der Waals surface area contributed by atoms with Gasteiger partial charge in [-0.15, -0.1) is 0 Å². The van der Waals surface area contributed by atoms with Gasteiger partial charge in [-0.3, -0.25) is 14.5 Å². The summed E-state index contributed by atoms with van der Waals surface area (Å²) in [5, 5.41) is 3.11. The molecule has 3 heterocycles. The minimum atomic E-state index is -0.236. The number of hydrogen-bond donors (Lipinski definition) is 1. The molecule has 3 aliphatic heterocycles. The van der Waals surface area contributed by atoms with Crippen LogP contribution in [0.4, 0.5) is 4.39 Å². The van der Waals surface area contributed by atoms with Crippen LogP contribution >= 0.6 is 0 Å². The second kappa shape index (κ2) is 8.57. The third-order valence-corrected chi connectivity index (χ3v) is 6.22. The van der Waals surface area contributed by atoms with Crippen LogP contribution in [0.3, 0.4) is 0 Å². The van der Waals surface area contributed by atoms with Crippen LogP contribution in [0.25, 0.3) is 0 Å². The van der Waals surface area contributed by atoms with E-state index < -0.39 is 0 Å². The molecule has 3 aliphatic rings. The number of likely N-dealkylation sites (tertiary alicyclic amines) is 2. The summed E-state index contributed by atoms with van der Waals surface area (Å²) >= 11 is 0. The fourth-order valence-corrected chi connectivity index (χ4v) is 4.75. The van der Waals surface area contributed by atoms with Gasteiger partial charge in [0.2, 0.25) is 11.8 Å². The molecule has 0 aromatic heterocycles. The average Bonchev–Trinajstić information content (AvgIpc) is 3.18. The minimum absolute atomic E-state index is 0.109. The van der Waals surface area contributed by atoms with Crippen LogP contribution < -0.4 is 5.32 Å². The summed E-state index contributed by atoms with van der Waals surface area (Å²) in [6.07, 6.45) is 3.79. The fraction of sp³-hybridized carbons (Fsp3) is 0.619. The summed E-state index contributed by atoms with van der Waals surface area (Å²) in [7, 11) is 0. The van der Waals surface area contributed by atoms with Crippen LogP contribution in [-0.2, 0) is 16.1 Å². The van der Waals surface area contributed by atoms with Crippen molar-refractivity contribution in [2.24, 2.45) is 0 Å². The highest BCUT2D eigenvalue weighted by Crippen LogP contribution is 2.25. The lowest BCUT2D eigenvalue weighted by molar-refractivity contribution is -0.143. The summed E-state index contributed by atoms with van der Waals surface area (Å²) in [5.74, 6) is 0.0934. The Kier molecular flexibility index (Phi) is 5.92. The Morgan fingerprint density at radius 2 is 1.89 bits per heavy atom. The molecule has 28 heavy (non-hydrogen) atoms. The van der Waals surface area contributed by atoms with Crippen molar-refractivity contribution in [1.82, 2.24) is 20.0 Å². The normalized spacial score (nSPS) is 26.7. The largest absolute Gasteiger partial charge is 0.339 e. The SMILES string of the molecule is O=C(C1CCCN1Cc1ccc(F)cc1)N1CCCC(N2CCNCC2=O)C1. The van der Waals surface area contributed by atoms with E-state index in [9.17, 15) is 14.0 Å². The fourth-order valence-electron chi connectivity index (χ4n) is 4.75. The van der Waals surface area contributed by atoms with Gasteiger partial charge in [0.15, 0.2) is 0 Å². The summed E-state index contributed by atoms with van der Waals surface area (Å²) in [5.41, 5.74) is 1.03. The molecule has 0 aliphatic carbocycles. The maximum atomic E-state index is 13.3. The predicted octanol–water partition coefficient (Wildman–Crippen LogP) is 1.21. The lowest BCUT2D eigenvalue weighted by atomic mass is 10.0. The first-order chi connectivity index (χ1) is 13.6. The van der Waals surface area contributed by atoms with Crippen molar-refractivity contribution in [3.05, 3.63) is 35.6 Å².